The van der Waals surface area contributed by atoms with E-state index in [0.29, 0.717) is 18.0 Å². The fourth-order valence-electron chi connectivity index (χ4n) is 1.98. The highest BCUT2D eigenvalue weighted by Crippen LogP contribution is 2.29. The highest BCUT2D eigenvalue weighted by molar-refractivity contribution is 7.92. The normalized spacial score (nSPS) is 11.1. The highest BCUT2D eigenvalue weighted by atomic mass is 32.2. The summed E-state index contributed by atoms with van der Waals surface area (Å²) in [7, 11) is -0.446. The second-order valence-electron chi connectivity index (χ2n) is 5.11. The van der Waals surface area contributed by atoms with Crippen molar-refractivity contribution in [3.8, 4) is 5.75 Å². The van der Waals surface area contributed by atoms with E-state index >= 15 is 0 Å². The number of amides is 1. The van der Waals surface area contributed by atoms with Gasteiger partial charge in [-0.05, 0) is 18.6 Å². The largest absolute Gasteiger partial charge is 0.495 e. The van der Waals surface area contributed by atoms with Crippen LogP contribution in [0, 0.1) is 0 Å². The van der Waals surface area contributed by atoms with E-state index in [9.17, 15) is 13.2 Å². The lowest BCUT2D eigenvalue weighted by molar-refractivity contribution is -0.128. The maximum Gasteiger partial charge on any atom is 0.243 e. The number of hydrogen-bond donors (Lipinski definition) is 0. The third kappa shape index (κ3) is 4.91. The molecule has 0 spiro atoms. The molecular weight excluding hydrogens is 304 g/mol. The van der Waals surface area contributed by atoms with Gasteiger partial charge in [-0.3, -0.25) is 9.10 Å². The summed E-state index contributed by atoms with van der Waals surface area (Å²) in [5, 5.41) is 0. The first-order chi connectivity index (χ1) is 10.3. The van der Waals surface area contributed by atoms with E-state index in [0.717, 1.165) is 23.4 Å². The molecule has 1 aromatic rings. The van der Waals surface area contributed by atoms with Crippen LogP contribution in [0.15, 0.2) is 24.3 Å². The molecule has 0 aliphatic heterocycles. The van der Waals surface area contributed by atoms with Crippen LogP contribution in [-0.4, -0.2) is 52.7 Å². The molecule has 1 rings (SSSR count). The van der Waals surface area contributed by atoms with E-state index in [1.165, 1.54) is 7.11 Å². The number of methoxy groups -OCH3 is 1. The number of carbonyl (C=O) groups excluding carboxylic acids is 1. The topological polar surface area (TPSA) is 66.9 Å². The second-order valence-corrected chi connectivity index (χ2v) is 7.02. The van der Waals surface area contributed by atoms with Crippen molar-refractivity contribution in [3.63, 3.8) is 0 Å². The summed E-state index contributed by atoms with van der Waals surface area (Å²) < 4.78 is 30.4. The fourth-order valence-corrected chi connectivity index (χ4v) is 2.83. The molecule has 1 amide bonds. The maximum absolute atomic E-state index is 12.3. The van der Waals surface area contributed by atoms with Crippen LogP contribution in [-0.2, 0) is 14.8 Å². The Morgan fingerprint density at radius 1 is 1.27 bits per heavy atom. The van der Waals surface area contributed by atoms with Crippen LogP contribution in [0.5, 0.6) is 5.75 Å². The minimum absolute atomic E-state index is 0.237. The Labute approximate surface area is 132 Å². The summed E-state index contributed by atoms with van der Waals surface area (Å²) in [5.41, 5.74) is 0.366. The van der Waals surface area contributed by atoms with Crippen molar-refractivity contribution in [1.82, 2.24) is 4.90 Å². The van der Waals surface area contributed by atoms with Gasteiger partial charge < -0.3 is 9.64 Å². The predicted octanol–water partition coefficient (Wildman–Crippen LogP) is 1.72. The minimum atomic E-state index is -3.59. The SMILES string of the molecule is CCCCN(C)C(=O)CN(c1ccccc1OC)S(C)(=O)=O. The molecule has 0 heterocycles. The molecule has 1 aromatic carbocycles. The van der Waals surface area contributed by atoms with Gasteiger partial charge in [-0.1, -0.05) is 25.5 Å². The van der Waals surface area contributed by atoms with Crippen molar-refractivity contribution in [2.75, 3.05) is 37.8 Å². The molecule has 0 unspecified atom stereocenters. The van der Waals surface area contributed by atoms with Gasteiger partial charge in [-0.2, -0.15) is 0 Å². The zero-order valence-electron chi connectivity index (χ0n) is 13.6. The van der Waals surface area contributed by atoms with Gasteiger partial charge in [0.1, 0.15) is 12.3 Å². The van der Waals surface area contributed by atoms with Gasteiger partial charge in [-0.15, -0.1) is 0 Å². The van der Waals surface area contributed by atoms with E-state index in [2.05, 4.69) is 0 Å². The van der Waals surface area contributed by atoms with E-state index in [-0.39, 0.29) is 12.5 Å². The molecule has 0 aromatic heterocycles. The molecule has 0 saturated carbocycles. The molecule has 0 saturated heterocycles. The molecular formula is C15H24N2O4S. The van der Waals surface area contributed by atoms with Gasteiger partial charge in [0.15, 0.2) is 0 Å². The monoisotopic (exact) mass is 328 g/mol. The summed E-state index contributed by atoms with van der Waals surface area (Å²) in [6.45, 7) is 2.41. The molecule has 6 nitrogen and oxygen atoms in total. The number of benzene rings is 1. The highest BCUT2D eigenvalue weighted by Gasteiger charge is 2.24. The third-order valence-electron chi connectivity index (χ3n) is 3.31. The van der Waals surface area contributed by atoms with E-state index < -0.39 is 10.0 Å². The molecule has 0 aliphatic carbocycles. The number of likely N-dealkylation sites (N-methyl/N-ethyl adjacent to an activating group) is 1. The fraction of sp³-hybridized carbons (Fsp3) is 0.533. The number of carbonyl (C=O) groups is 1. The number of sulfonamides is 1. The van der Waals surface area contributed by atoms with Crippen molar-refractivity contribution in [3.05, 3.63) is 24.3 Å². The summed E-state index contributed by atoms with van der Waals surface area (Å²) >= 11 is 0. The first-order valence-corrected chi connectivity index (χ1v) is 9.00. The Morgan fingerprint density at radius 2 is 1.91 bits per heavy atom. The van der Waals surface area contributed by atoms with Gasteiger partial charge in [0.2, 0.25) is 15.9 Å². The predicted molar refractivity (Wildman–Crippen MR) is 87.7 cm³/mol. The van der Waals surface area contributed by atoms with Gasteiger partial charge in [0.25, 0.3) is 0 Å². The molecule has 0 N–H and O–H groups in total. The van der Waals surface area contributed by atoms with E-state index in [4.69, 9.17) is 4.74 Å². The van der Waals surface area contributed by atoms with Crippen molar-refractivity contribution < 1.29 is 17.9 Å². The number of anilines is 1. The lowest BCUT2D eigenvalue weighted by Crippen LogP contribution is -2.41. The molecule has 0 bridgehead atoms. The standard InChI is InChI=1S/C15H24N2O4S/c1-5-6-11-16(2)15(18)12-17(22(4,19)20)13-9-7-8-10-14(13)21-3/h7-10H,5-6,11-12H2,1-4H3. The average Bonchev–Trinajstić information content (AvgIpc) is 2.48. The second kappa shape index (κ2) is 8.03. The maximum atomic E-state index is 12.3. The summed E-state index contributed by atoms with van der Waals surface area (Å²) in [6.07, 6.45) is 2.94. The Kier molecular flexibility index (Phi) is 6.67. The Balaban J connectivity index is 3.03. The van der Waals surface area contributed by atoms with Crippen molar-refractivity contribution in [1.29, 1.82) is 0 Å². The van der Waals surface area contributed by atoms with Crippen LogP contribution in [0.3, 0.4) is 0 Å². The average molecular weight is 328 g/mol. The first-order valence-electron chi connectivity index (χ1n) is 7.16. The van der Waals surface area contributed by atoms with Crippen LogP contribution in [0.2, 0.25) is 0 Å². The summed E-state index contributed by atoms with van der Waals surface area (Å²) in [6, 6.07) is 6.75. The van der Waals surface area contributed by atoms with Crippen LogP contribution < -0.4 is 9.04 Å². The lowest BCUT2D eigenvalue weighted by Gasteiger charge is -2.26. The zero-order chi connectivity index (χ0) is 16.8. The minimum Gasteiger partial charge on any atom is -0.495 e. The van der Waals surface area contributed by atoms with Crippen LogP contribution in [0.1, 0.15) is 19.8 Å². The quantitative estimate of drug-likeness (QED) is 0.729. The Hall–Kier alpha value is -1.76. The van der Waals surface area contributed by atoms with Gasteiger partial charge in [0, 0.05) is 13.6 Å². The van der Waals surface area contributed by atoms with Crippen molar-refractivity contribution in [2.45, 2.75) is 19.8 Å². The molecule has 0 aliphatic rings. The van der Waals surface area contributed by atoms with Crippen LogP contribution >= 0.6 is 0 Å². The number of unbranched alkanes of at least 4 members (excludes halogenated alkanes) is 1. The van der Waals surface area contributed by atoms with Crippen molar-refractivity contribution >= 4 is 21.6 Å². The number of nitrogens with zero attached hydrogens (tertiary/aromatic N) is 2. The Bertz CT molecular complexity index is 601. The molecule has 7 heteroatoms. The Morgan fingerprint density at radius 3 is 2.45 bits per heavy atom. The number of rotatable bonds is 8. The zero-order valence-corrected chi connectivity index (χ0v) is 14.4. The molecule has 124 valence electrons. The molecule has 0 fully saturated rings. The lowest BCUT2D eigenvalue weighted by atomic mass is 10.3. The first kappa shape index (κ1) is 18.3. The van der Waals surface area contributed by atoms with E-state index in [1.807, 2.05) is 6.92 Å². The molecule has 22 heavy (non-hydrogen) atoms. The van der Waals surface area contributed by atoms with Crippen LogP contribution in [0.4, 0.5) is 5.69 Å². The van der Waals surface area contributed by atoms with Gasteiger partial charge in [0.05, 0.1) is 19.1 Å². The number of hydrogen-bond acceptors (Lipinski definition) is 4. The van der Waals surface area contributed by atoms with Gasteiger partial charge in [-0.25, -0.2) is 8.42 Å². The number of ether oxygens (including phenoxy) is 1. The van der Waals surface area contributed by atoms with Gasteiger partial charge >= 0.3 is 0 Å². The summed E-state index contributed by atoms with van der Waals surface area (Å²) in [5.74, 6) is 0.168. The molecule has 0 radical (unpaired) electrons. The summed E-state index contributed by atoms with van der Waals surface area (Å²) in [4.78, 5) is 13.8. The smallest absolute Gasteiger partial charge is 0.243 e. The van der Waals surface area contributed by atoms with E-state index in [1.54, 1.807) is 36.2 Å². The third-order valence-corrected chi connectivity index (χ3v) is 4.43. The van der Waals surface area contributed by atoms with Crippen molar-refractivity contribution in [2.24, 2.45) is 0 Å². The van der Waals surface area contributed by atoms with Crippen LogP contribution in [0.25, 0.3) is 0 Å². The number of para-hydroxylation sites is 2. The molecule has 0 atom stereocenters.